The third kappa shape index (κ3) is 2.70. The van der Waals surface area contributed by atoms with Crippen LogP contribution in [0.5, 0.6) is 5.75 Å². The zero-order chi connectivity index (χ0) is 10.4. The Labute approximate surface area is 81.4 Å². The Morgan fingerprint density at radius 1 is 1.57 bits per heavy atom. The minimum absolute atomic E-state index is 0.0800. The predicted molar refractivity (Wildman–Crippen MR) is 49.3 cm³/mol. The van der Waals surface area contributed by atoms with E-state index in [4.69, 9.17) is 9.47 Å². The van der Waals surface area contributed by atoms with Gasteiger partial charge in [-0.1, -0.05) is 6.07 Å². The molecule has 0 N–H and O–H groups in total. The lowest BCUT2D eigenvalue weighted by Crippen LogP contribution is -2.05. The molecule has 14 heavy (non-hydrogen) atoms. The molecule has 75 valence electrons. The van der Waals surface area contributed by atoms with Gasteiger partial charge in [-0.2, -0.15) is 0 Å². The highest BCUT2D eigenvalue weighted by molar-refractivity contribution is 5.45. The van der Waals surface area contributed by atoms with E-state index in [1.807, 2.05) is 0 Å². The maximum Gasteiger partial charge on any atom is 0.311 e. The Kier molecular flexibility index (Phi) is 3.87. The highest BCUT2D eigenvalue weighted by Crippen LogP contribution is 2.25. The lowest BCUT2D eigenvalue weighted by atomic mass is 10.3. The van der Waals surface area contributed by atoms with E-state index in [1.54, 1.807) is 6.07 Å². The summed E-state index contributed by atoms with van der Waals surface area (Å²) in [6.07, 6.45) is 0. The van der Waals surface area contributed by atoms with Gasteiger partial charge in [-0.15, -0.1) is 0 Å². The van der Waals surface area contributed by atoms with Gasteiger partial charge in [0.15, 0.2) is 5.75 Å². The monoisotopic (exact) mass is 196 g/mol. The van der Waals surface area contributed by atoms with Gasteiger partial charge in [0.1, 0.15) is 6.61 Å². The molecule has 1 aromatic rings. The molecule has 5 heteroatoms. The summed E-state index contributed by atoms with van der Waals surface area (Å²) < 4.78 is 9.91. The fourth-order valence-corrected chi connectivity index (χ4v) is 0.907. The summed E-state index contributed by atoms with van der Waals surface area (Å²) in [7, 11) is 1.54. The zero-order valence-corrected chi connectivity index (χ0v) is 7.73. The molecule has 0 spiro atoms. The Morgan fingerprint density at radius 2 is 2.36 bits per heavy atom. The molecule has 0 heterocycles. The van der Waals surface area contributed by atoms with Crippen LogP contribution in [0.4, 0.5) is 5.69 Å². The third-order valence-corrected chi connectivity index (χ3v) is 1.55. The van der Waals surface area contributed by atoms with Gasteiger partial charge in [0, 0.05) is 13.2 Å². The number of nitro benzene ring substituents is 1. The minimum Gasteiger partial charge on any atom is -0.484 e. The highest BCUT2D eigenvalue weighted by Gasteiger charge is 2.12. The predicted octanol–water partition coefficient (Wildman–Crippen LogP) is 1.42. The second kappa shape index (κ2) is 5.18. The first-order chi connectivity index (χ1) is 6.75. The maximum atomic E-state index is 10.5. The molecule has 0 unspecified atom stereocenters. The van der Waals surface area contributed by atoms with Gasteiger partial charge in [0.05, 0.1) is 11.5 Å². The van der Waals surface area contributed by atoms with Crippen LogP contribution in [-0.4, -0.2) is 25.2 Å². The number of nitrogens with zero attached hydrogens (tertiary/aromatic N) is 1. The van der Waals surface area contributed by atoms with Crippen LogP contribution < -0.4 is 4.74 Å². The third-order valence-electron chi connectivity index (χ3n) is 1.55. The van der Waals surface area contributed by atoms with Crippen molar-refractivity contribution in [1.29, 1.82) is 0 Å². The van der Waals surface area contributed by atoms with Crippen molar-refractivity contribution in [2.75, 3.05) is 20.3 Å². The van der Waals surface area contributed by atoms with Crippen molar-refractivity contribution < 1.29 is 14.4 Å². The van der Waals surface area contributed by atoms with Crippen molar-refractivity contribution in [3.05, 3.63) is 34.4 Å². The number of nitro groups is 1. The molecule has 0 saturated heterocycles. The Hall–Kier alpha value is -1.62. The second-order valence-electron chi connectivity index (χ2n) is 2.49. The fraction of sp³-hybridized carbons (Fsp3) is 0.333. The zero-order valence-electron chi connectivity index (χ0n) is 7.73. The van der Waals surface area contributed by atoms with Crippen LogP contribution in [-0.2, 0) is 4.74 Å². The molecule has 0 amide bonds. The van der Waals surface area contributed by atoms with Crippen molar-refractivity contribution in [2.24, 2.45) is 0 Å². The van der Waals surface area contributed by atoms with E-state index in [0.29, 0.717) is 13.2 Å². The summed E-state index contributed by atoms with van der Waals surface area (Å²) in [6, 6.07) is 6.97. The number of methoxy groups -OCH3 is 1. The molecule has 0 aliphatic heterocycles. The van der Waals surface area contributed by atoms with E-state index in [0.717, 1.165) is 0 Å². The minimum atomic E-state index is -0.501. The molecule has 0 fully saturated rings. The number of rotatable bonds is 5. The van der Waals surface area contributed by atoms with Crippen molar-refractivity contribution in [3.8, 4) is 5.75 Å². The van der Waals surface area contributed by atoms with Gasteiger partial charge in [0.25, 0.3) is 0 Å². The van der Waals surface area contributed by atoms with Crippen molar-refractivity contribution in [2.45, 2.75) is 0 Å². The summed E-state index contributed by atoms with van der Waals surface area (Å²) in [5.41, 5.74) is -0.0800. The Morgan fingerprint density at radius 3 is 3.00 bits per heavy atom. The number of hydrogen-bond acceptors (Lipinski definition) is 4. The fourth-order valence-electron chi connectivity index (χ4n) is 0.907. The van der Waals surface area contributed by atoms with Crippen LogP contribution >= 0.6 is 0 Å². The van der Waals surface area contributed by atoms with E-state index in [1.165, 1.54) is 19.2 Å². The average molecular weight is 196 g/mol. The molecule has 0 saturated carbocycles. The van der Waals surface area contributed by atoms with E-state index in [-0.39, 0.29) is 11.4 Å². The van der Waals surface area contributed by atoms with Crippen LogP contribution in [0.15, 0.2) is 18.2 Å². The van der Waals surface area contributed by atoms with Gasteiger partial charge in [-0.05, 0) is 12.1 Å². The lowest BCUT2D eigenvalue weighted by molar-refractivity contribution is -0.385. The molecule has 0 aliphatic rings. The van der Waals surface area contributed by atoms with Crippen molar-refractivity contribution >= 4 is 5.69 Å². The van der Waals surface area contributed by atoms with E-state index >= 15 is 0 Å². The van der Waals surface area contributed by atoms with Crippen LogP contribution in [0.2, 0.25) is 0 Å². The summed E-state index contributed by atoms with van der Waals surface area (Å²) in [4.78, 5) is 10.0. The second-order valence-corrected chi connectivity index (χ2v) is 2.49. The van der Waals surface area contributed by atoms with Gasteiger partial charge in [-0.25, -0.2) is 0 Å². The normalized spacial score (nSPS) is 9.79. The van der Waals surface area contributed by atoms with Crippen molar-refractivity contribution in [3.63, 3.8) is 0 Å². The molecule has 0 aliphatic carbocycles. The van der Waals surface area contributed by atoms with Crippen molar-refractivity contribution in [1.82, 2.24) is 0 Å². The quantitative estimate of drug-likeness (QED) is 0.406. The molecule has 0 bridgehead atoms. The van der Waals surface area contributed by atoms with Gasteiger partial charge in [0.2, 0.25) is 0 Å². The largest absolute Gasteiger partial charge is 0.484 e. The van der Waals surface area contributed by atoms with Gasteiger partial charge < -0.3 is 9.47 Å². The summed E-state index contributed by atoms with van der Waals surface area (Å²) >= 11 is 0. The first-order valence-electron chi connectivity index (χ1n) is 4.02. The molecule has 1 rings (SSSR count). The first-order valence-corrected chi connectivity index (χ1v) is 4.02. The van der Waals surface area contributed by atoms with Gasteiger partial charge in [-0.3, -0.25) is 10.1 Å². The molecular weight excluding hydrogens is 186 g/mol. The van der Waals surface area contributed by atoms with Crippen LogP contribution in [0.3, 0.4) is 0 Å². The van der Waals surface area contributed by atoms with Gasteiger partial charge >= 0.3 is 5.69 Å². The SMILES string of the molecule is COCCOc1cc[c]cc1[N+](=O)[O-]. The average Bonchev–Trinajstić information content (AvgIpc) is 2.19. The number of ether oxygens (including phenoxy) is 2. The number of hydrogen-bond donors (Lipinski definition) is 0. The molecule has 1 radical (unpaired) electrons. The Bertz CT molecular complexity index is 313. The standard InChI is InChI=1S/C9H10NO4/c1-13-6-7-14-9-5-3-2-4-8(9)10(11)12/h3-5H,6-7H2,1H3. The molecule has 1 aromatic carbocycles. The van der Waals surface area contributed by atoms with Crippen LogP contribution in [0, 0.1) is 16.2 Å². The van der Waals surface area contributed by atoms with E-state index < -0.39 is 4.92 Å². The topological polar surface area (TPSA) is 61.6 Å². The summed E-state index contributed by atoms with van der Waals surface area (Å²) in [5.74, 6) is 0.241. The Balaban J connectivity index is 2.69. The number of benzene rings is 1. The van der Waals surface area contributed by atoms with Crippen LogP contribution in [0.1, 0.15) is 0 Å². The molecule has 0 aromatic heterocycles. The van der Waals surface area contributed by atoms with Crippen LogP contribution in [0.25, 0.3) is 0 Å². The summed E-state index contributed by atoms with van der Waals surface area (Å²) in [6.45, 7) is 0.692. The van der Waals surface area contributed by atoms with E-state index in [2.05, 4.69) is 6.07 Å². The lowest BCUT2D eigenvalue weighted by Gasteiger charge is -2.04. The molecule has 0 atom stereocenters. The molecule has 5 nitrogen and oxygen atoms in total. The maximum absolute atomic E-state index is 10.5. The highest BCUT2D eigenvalue weighted by atomic mass is 16.6. The van der Waals surface area contributed by atoms with E-state index in [9.17, 15) is 10.1 Å². The summed E-state index contributed by atoms with van der Waals surface area (Å²) in [5, 5.41) is 10.5. The first kappa shape index (κ1) is 10.5. The smallest absolute Gasteiger partial charge is 0.311 e. The molecular formula is C9H10NO4.